The Balaban J connectivity index is 3.61. The van der Waals surface area contributed by atoms with Crippen molar-refractivity contribution in [3.05, 3.63) is 28.8 Å². The summed E-state index contributed by atoms with van der Waals surface area (Å²) in [5, 5.41) is 8.69. The molecule has 1 aromatic carbocycles. The molecule has 0 spiro atoms. The Kier molecular flexibility index (Phi) is 3.96. The molecule has 3 nitrogen and oxygen atoms in total. The van der Waals surface area contributed by atoms with Crippen LogP contribution in [0.25, 0.3) is 0 Å². The highest BCUT2D eigenvalue weighted by atomic mass is 19.4. The Labute approximate surface area is 102 Å². The van der Waals surface area contributed by atoms with E-state index in [2.05, 4.69) is 0 Å². The second-order valence-corrected chi connectivity index (χ2v) is 3.50. The maximum atomic E-state index is 12.8. The molecular weight excluding hydrogens is 247 g/mol. The predicted octanol–water partition coefficient (Wildman–Crippen LogP) is 3.18. The van der Waals surface area contributed by atoms with Gasteiger partial charge in [0, 0.05) is 0 Å². The highest BCUT2D eigenvalue weighted by Gasteiger charge is 2.36. The van der Waals surface area contributed by atoms with Crippen molar-refractivity contribution in [2.75, 3.05) is 6.61 Å². The summed E-state index contributed by atoms with van der Waals surface area (Å²) >= 11 is 0. The minimum atomic E-state index is -4.68. The van der Waals surface area contributed by atoms with Crippen LogP contribution in [0.15, 0.2) is 12.1 Å². The molecule has 1 rings (SSSR count). The van der Waals surface area contributed by atoms with Gasteiger partial charge < -0.3 is 4.74 Å². The van der Waals surface area contributed by atoms with Crippen LogP contribution in [0.1, 0.15) is 35.3 Å². The van der Waals surface area contributed by atoms with Crippen LogP contribution >= 0.6 is 0 Å². The molecule has 0 atom stereocenters. The summed E-state index contributed by atoms with van der Waals surface area (Å²) in [6.45, 7) is 2.64. The van der Waals surface area contributed by atoms with Crippen molar-refractivity contribution in [3.8, 4) is 11.8 Å². The number of Topliss-reactive ketones (excluding diaryl/α,β-unsaturated/α-hetero) is 1. The Hall–Kier alpha value is -2.03. The zero-order valence-corrected chi connectivity index (χ0v) is 9.76. The third kappa shape index (κ3) is 2.80. The van der Waals surface area contributed by atoms with Gasteiger partial charge in [0.25, 0.3) is 0 Å². The van der Waals surface area contributed by atoms with Crippen LogP contribution in [0.3, 0.4) is 0 Å². The largest absolute Gasteiger partial charge is 0.492 e. The number of ketones is 1. The van der Waals surface area contributed by atoms with Gasteiger partial charge in [-0.2, -0.15) is 18.4 Å². The fourth-order valence-corrected chi connectivity index (χ4v) is 1.47. The highest BCUT2D eigenvalue weighted by molar-refractivity contribution is 5.97. The lowest BCUT2D eigenvalue weighted by molar-refractivity contribution is -0.138. The summed E-state index contributed by atoms with van der Waals surface area (Å²) in [4.78, 5) is 11.3. The van der Waals surface area contributed by atoms with Crippen molar-refractivity contribution in [3.63, 3.8) is 0 Å². The van der Waals surface area contributed by atoms with Gasteiger partial charge >= 0.3 is 6.18 Å². The summed E-state index contributed by atoms with van der Waals surface area (Å²) in [5.74, 6) is -1.10. The van der Waals surface area contributed by atoms with Gasteiger partial charge in [-0.05, 0) is 26.0 Å². The van der Waals surface area contributed by atoms with Crippen LogP contribution in [-0.2, 0) is 6.18 Å². The van der Waals surface area contributed by atoms with Gasteiger partial charge in [0.15, 0.2) is 5.78 Å². The number of nitriles is 1. The van der Waals surface area contributed by atoms with Crippen LogP contribution in [0.4, 0.5) is 13.2 Å². The number of nitrogens with zero attached hydrogens (tertiary/aromatic N) is 1. The first-order valence-electron chi connectivity index (χ1n) is 5.10. The predicted molar refractivity (Wildman–Crippen MR) is 57.3 cm³/mol. The molecule has 0 radical (unpaired) electrons. The van der Waals surface area contributed by atoms with Crippen LogP contribution in [0.2, 0.25) is 0 Å². The van der Waals surface area contributed by atoms with E-state index in [4.69, 9.17) is 10.00 Å². The fourth-order valence-electron chi connectivity index (χ4n) is 1.47. The molecule has 0 aliphatic heterocycles. The van der Waals surface area contributed by atoms with Crippen molar-refractivity contribution in [2.24, 2.45) is 0 Å². The lowest BCUT2D eigenvalue weighted by atomic mass is 10.0. The number of benzene rings is 1. The smallest absolute Gasteiger partial charge is 0.420 e. The van der Waals surface area contributed by atoms with E-state index < -0.39 is 23.3 Å². The number of rotatable bonds is 3. The van der Waals surface area contributed by atoms with E-state index in [9.17, 15) is 18.0 Å². The number of alkyl halides is 3. The minimum absolute atomic E-state index is 0.00470. The molecule has 0 aliphatic rings. The van der Waals surface area contributed by atoms with Crippen molar-refractivity contribution < 1.29 is 22.7 Å². The van der Waals surface area contributed by atoms with Crippen molar-refractivity contribution in [1.82, 2.24) is 0 Å². The van der Waals surface area contributed by atoms with Crippen LogP contribution < -0.4 is 4.74 Å². The summed E-state index contributed by atoms with van der Waals surface area (Å²) in [7, 11) is 0. The Morgan fingerprint density at radius 1 is 1.44 bits per heavy atom. The molecule has 0 N–H and O–H groups in total. The molecule has 0 amide bonds. The van der Waals surface area contributed by atoms with E-state index in [1.54, 1.807) is 6.07 Å². The molecule has 0 saturated carbocycles. The number of carbonyl (C=O) groups excluding carboxylic acids is 1. The van der Waals surface area contributed by atoms with E-state index in [0.29, 0.717) is 6.07 Å². The summed E-state index contributed by atoms with van der Waals surface area (Å²) in [6.07, 6.45) is -4.68. The van der Waals surface area contributed by atoms with Crippen molar-refractivity contribution in [1.29, 1.82) is 5.26 Å². The van der Waals surface area contributed by atoms with Crippen molar-refractivity contribution in [2.45, 2.75) is 20.0 Å². The SMILES string of the molecule is CCOc1c(C(C)=O)cc(C#N)cc1C(F)(F)F. The summed E-state index contributed by atoms with van der Waals surface area (Å²) in [6, 6.07) is 3.37. The lowest BCUT2D eigenvalue weighted by Gasteiger charge is -2.16. The fraction of sp³-hybridized carbons (Fsp3) is 0.333. The molecule has 0 heterocycles. The topological polar surface area (TPSA) is 50.1 Å². The van der Waals surface area contributed by atoms with Gasteiger partial charge in [-0.25, -0.2) is 0 Å². The molecular formula is C12H10F3NO2. The number of halogens is 3. The third-order valence-electron chi connectivity index (χ3n) is 2.19. The summed E-state index contributed by atoms with van der Waals surface area (Å²) < 4.78 is 43.4. The zero-order valence-electron chi connectivity index (χ0n) is 9.76. The Morgan fingerprint density at radius 2 is 2.06 bits per heavy atom. The summed E-state index contributed by atoms with van der Waals surface area (Å²) in [5.41, 5.74) is -1.56. The monoisotopic (exact) mass is 257 g/mol. The standard InChI is InChI=1S/C12H10F3NO2/c1-3-18-11-9(7(2)17)4-8(6-16)5-10(11)12(13,14)15/h4-5H,3H2,1-2H3. The van der Waals surface area contributed by atoms with Gasteiger partial charge in [-0.1, -0.05) is 0 Å². The van der Waals surface area contributed by atoms with Crippen LogP contribution in [0.5, 0.6) is 5.75 Å². The van der Waals surface area contributed by atoms with Gasteiger partial charge in [0.1, 0.15) is 5.75 Å². The first kappa shape index (κ1) is 14.0. The van der Waals surface area contributed by atoms with Gasteiger partial charge in [0.05, 0.1) is 29.4 Å². The van der Waals surface area contributed by atoms with E-state index in [1.165, 1.54) is 6.92 Å². The minimum Gasteiger partial charge on any atom is -0.492 e. The maximum absolute atomic E-state index is 12.8. The average Bonchev–Trinajstić information content (AvgIpc) is 2.27. The number of ether oxygens (including phenoxy) is 1. The van der Waals surface area contributed by atoms with E-state index >= 15 is 0 Å². The van der Waals surface area contributed by atoms with Gasteiger partial charge in [-0.3, -0.25) is 4.79 Å². The maximum Gasteiger partial charge on any atom is 0.420 e. The van der Waals surface area contributed by atoms with Crippen molar-refractivity contribution >= 4 is 5.78 Å². The van der Waals surface area contributed by atoms with E-state index in [-0.39, 0.29) is 17.7 Å². The van der Waals surface area contributed by atoms with E-state index in [0.717, 1.165) is 13.0 Å². The Bertz CT molecular complexity index is 515. The second kappa shape index (κ2) is 5.08. The van der Waals surface area contributed by atoms with Crippen LogP contribution in [-0.4, -0.2) is 12.4 Å². The van der Waals surface area contributed by atoms with Gasteiger partial charge in [0.2, 0.25) is 0 Å². The molecule has 0 saturated heterocycles. The van der Waals surface area contributed by atoms with Gasteiger partial charge in [-0.15, -0.1) is 0 Å². The lowest BCUT2D eigenvalue weighted by Crippen LogP contribution is -2.12. The number of carbonyl (C=O) groups is 1. The molecule has 96 valence electrons. The van der Waals surface area contributed by atoms with E-state index in [1.807, 2.05) is 0 Å². The molecule has 0 fully saturated rings. The second-order valence-electron chi connectivity index (χ2n) is 3.50. The molecule has 0 aliphatic carbocycles. The Morgan fingerprint density at radius 3 is 2.44 bits per heavy atom. The third-order valence-corrected chi connectivity index (χ3v) is 2.19. The average molecular weight is 257 g/mol. The first-order valence-corrected chi connectivity index (χ1v) is 5.10. The molecule has 1 aromatic rings. The normalized spacial score (nSPS) is 10.9. The first-order chi connectivity index (χ1) is 8.31. The molecule has 0 aromatic heterocycles. The quantitative estimate of drug-likeness (QED) is 0.781. The highest BCUT2D eigenvalue weighted by Crippen LogP contribution is 2.39. The molecule has 0 bridgehead atoms. The van der Waals surface area contributed by atoms with Crippen LogP contribution in [0, 0.1) is 11.3 Å². The number of hydrogen-bond donors (Lipinski definition) is 0. The zero-order chi connectivity index (χ0) is 13.9. The molecule has 18 heavy (non-hydrogen) atoms. The molecule has 6 heteroatoms. The number of hydrogen-bond acceptors (Lipinski definition) is 3. The molecule has 0 unspecified atom stereocenters.